The fourth-order valence-electron chi connectivity index (χ4n) is 4.39. The molecule has 1 saturated carbocycles. The number of nitrogens with zero attached hydrogens (tertiary/aromatic N) is 2. The number of fused-ring (bicyclic) bond motifs is 2. The molecule has 2 aromatic carbocycles. The second kappa shape index (κ2) is 6.82. The number of rotatable bonds is 2. The smallest absolute Gasteiger partial charge is 0.144 e. The van der Waals surface area contributed by atoms with Crippen molar-refractivity contribution < 1.29 is 8.78 Å². The van der Waals surface area contributed by atoms with Crippen LogP contribution < -0.4 is 0 Å². The molecule has 0 unspecified atom stereocenters. The minimum absolute atomic E-state index is 0.0889. The number of hydrogen-bond donors (Lipinski definition) is 1. The Hall–Kier alpha value is -2.53. The van der Waals surface area contributed by atoms with E-state index in [9.17, 15) is 8.78 Å². The van der Waals surface area contributed by atoms with Gasteiger partial charge in [-0.15, -0.1) is 0 Å². The lowest BCUT2D eigenvalue weighted by Crippen LogP contribution is -2.13. The van der Waals surface area contributed by atoms with E-state index in [4.69, 9.17) is 11.6 Å². The molecule has 0 saturated heterocycles. The second-order valence-electron chi connectivity index (χ2n) is 7.52. The lowest BCUT2D eigenvalue weighted by molar-refractivity contribution is 0.388. The van der Waals surface area contributed by atoms with Crippen LogP contribution in [0.25, 0.3) is 21.9 Å². The third-order valence-corrected chi connectivity index (χ3v) is 6.12. The van der Waals surface area contributed by atoms with Gasteiger partial charge in [-0.05, 0) is 67.5 Å². The first kappa shape index (κ1) is 17.6. The van der Waals surface area contributed by atoms with Crippen LogP contribution in [-0.4, -0.2) is 15.0 Å². The monoisotopic (exact) mass is 397 g/mol. The third-order valence-electron chi connectivity index (χ3n) is 5.83. The minimum atomic E-state index is -0.440. The lowest BCUT2D eigenvalue weighted by atomic mass is 9.77. The molecule has 0 amide bonds. The molecule has 1 aliphatic carbocycles. The zero-order valence-electron chi connectivity index (χ0n) is 15.1. The summed E-state index contributed by atoms with van der Waals surface area (Å²) in [6.07, 6.45) is 5.73. The zero-order chi connectivity index (χ0) is 19.3. The molecule has 5 rings (SSSR count). The summed E-state index contributed by atoms with van der Waals surface area (Å²) in [5.74, 6) is 0.893. The van der Waals surface area contributed by atoms with Gasteiger partial charge in [0.25, 0.3) is 0 Å². The molecule has 142 valence electrons. The molecule has 0 bridgehead atoms. The number of aromatic nitrogens is 3. The molecule has 0 aliphatic heterocycles. The van der Waals surface area contributed by atoms with Gasteiger partial charge in [0.2, 0.25) is 0 Å². The molecule has 0 spiro atoms. The predicted molar refractivity (Wildman–Crippen MR) is 107 cm³/mol. The molecular weight excluding hydrogens is 380 g/mol. The van der Waals surface area contributed by atoms with E-state index in [-0.39, 0.29) is 10.8 Å². The van der Waals surface area contributed by atoms with Crippen molar-refractivity contribution in [3.63, 3.8) is 0 Å². The SMILES string of the molecule is Fc1ccc2nccc([C@H]3CC[C@H](c4nc5cc(Cl)c(F)cc5[nH]4)CC3)c2c1. The number of pyridine rings is 1. The Morgan fingerprint density at radius 1 is 0.929 bits per heavy atom. The highest BCUT2D eigenvalue weighted by Gasteiger charge is 2.26. The summed E-state index contributed by atoms with van der Waals surface area (Å²) < 4.78 is 27.4. The van der Waals surface area contributed by atoms with Crippen LogP contribution in [-0.2, 0) is 0 Å². The van der Waals surface area contributed by atoms with Crippen molar-refractivity contribution in [3.05, 3.63) is 70.6 Å². The van der Waals surface area contributed by atoms with Gasteiger partial charge in [0.05, 0.1) is 21.6 Å². The van der Waals surface area contributed by atoms with E-state index in [2.05, 4.69) is 15.0 Å². The molecule has 3 nitrogen and oxygen atoms in total. The first-order chi connectivity index (χ1) is 13.6. The summed E-state index contributed by atoms with van der Waals surface area (Å²) in [7, 11) is 0. The molecule has 0 radical (unpaired) electrons. The first-order valence-electron chi connectivity index (χ1n) is 9.47. The summed E-state index contributed by atoms with van der Waals surface area (Å²) >= 11 is 5.87. The van der Waals surface area contributed by atoms with Gasteiger partial charge in [-0.1, -0.05) is 11.6 Å². The van der Waals surface area contributed by atoms with Crippen molar-refractivity contribution in [2.45, 2.75) is 37.5 Å². The number of imidazole rings is 1. The number of benzene rings is 2. The topological polar surface area (TPSA) is 41.6 Å². The van der Waals surface area contributed by atoms with E-state index >= 15 is 0 Å². The van der Waals surface area contributed by atoms with E-state index in [0.717, 1.165) is 42.4 Å². The summed E-state index contributed by atoms with van der Waals surface area (Å²) in [6.45, 7) is 0. The molecule has 4 aromatic rings. The maximum Gasteiger partial charge on any atom is 0.144 e. The van der Waals surface area contributed by atoms with Crippen LogP contribution in [0.4, 0.5) is 8.78 Å². The van der Waals surface area contributed by atoms with Crippen LogP contribution in [0.2, 0.25) is 5.02 Å². The number of nitrogens with one attached hydrogen (secondary N) is 1. The number of halogens is 3. The van der Waals surface area contributed by atoms with Crippen LogP contribution in [0.5, 0.6) is 0 Å². The normalized spacial score (nSPS) is 20.1. The Kier molecular flexibility index (Phi) is 4.27. The quantitative estimate of drug-likeness (QED) is 0.420. The number of hydrogen-bond acceptors (Lipinski definition) is 2. The molecule has 2 heterocycles. The van der Waals surface area contributed by atoms with Crippen LogP contribution in [0, 0.1) is 11.6 Å². The van der Waals surface area contributed by atoms with Gasteiger partial charge in [0, 0.05) is 23.6 Å². The molecule has 6 heteroatoms. The molecule has 1 fully saturated rings. The first-order valence-corrected chi connectivity index (χ1v) is 9.85. The fraction of sp³-hybridized carbons (Fsp3) is 0.273. The van der Waals surface area contributed by atoms with E-state index in [0.29, 0.717) is 22.9 Å². The van der Waals surface area contributed by atoms with E-state index in [1.165, 1.54) is 17.7 Å². The van der Waals surface area contributed by atoms with Crippen molar-refractivity contribution >= 4 is 33.5 Å². The minimum Gasteiger partial charge on any atom is -0.342 e. The van der Waals surface area contributed by atoms with Gasteiger partial charge in [-0.2, -0.15) is 0 Å². The maximum absolute atomic E-state index is 13.7. The Balaban J connectivity index is 1.39. The zero-order valence-corrected chi connectivity index (χ0v) is 15.8. The van der Waals surface area contributed by atoms with Gasteiger partial charge >= 0.3 is 0 Å². The molecule has 1 N–H and O–H groups in total. The standard InChI is InChI=1S/C22H18ClF2N3/c23-17-10-20-21(11-18(17)25)28-22(27-20)13-3-1-12(2-4-13)15-7-8-26-19-6-5-14(24)9-16(15)19/h5-13H,1-4H2,(H,27,28)/t12-,13-. The average Bonchev–Trinajstić information content (AvgIpc) is 3.10. The molecule has 2 aromatic heterocycles. The summed E-state index contributed by atoms with van der Waals surface area (Å²) in [6, 6.07) is 9.75. The Morgan fingerprint density at radius 2 is 1.71 bits per heavy atom. The number of aromatic amines is 1. The van der Waals surface area contributed by atoms with Gasteiger partial charge < -0.3 is 4.98 Å². The average molecular weight is 398 g/mol. The van der Waals surface area contributed by atoms with E-state index in [1.54, 1.807) is 24.4 Å². The van der Waals surface area contributed by atoms with Crippen LogP contribution >= 0.6 is 11.6 Å². The van der Waals surface area contributed by atoms with Crippen molar-refractivity contribution in [2.24, 2.45) is 0 Å². The molecule has 0 atom stereocenters. The van der Waals surface area contributed by atoms with Crippen LogP contribution in [0.1, 0.15) is 48.9 Å². The highest BCUT2D eigenvalue weighted by atomic mass is 35.5. The predicted octanol–water partition coefficient (Wildman–Crippen LogP) is 6.48. The highest BCUT2D eigenvalue weighted by Crippen LogP contribution is 2.42. The van der Waals surface area contributed by atoms with Gasteiger partial charge in [0.15, 0.2) is 0 Å². The van der Waals surface area contributed by atoms with Crippen LogP contribution in [0.3, 0.4) is 0 Å². The van der Waals surface area contributed by atoms with Gasteiger partial charge in [0.1, 0.15) is 17.5 Å². The summed E-state index contributed by atoms with van der Waals surface area (Å²) in [5, 5.41) is 0.992. The van der Waals surface area contributed by atoms with E-state index in [1.807, 2.05) is 6.07 Å². The maximum atomic E-state index is 13.7. The fourth-order valence-corrected chi connectivity index (χ4v) is 4.55. The Labute approximate surface area is 165 Å². The Bertz CT molecular complexity index is 1140. The third kappa shape index (κ3) is 3.04. The molecular formula is C22H18ClF2N3. The largest absolute Gasteiger partial charge is 0.342 e. The summed E-state index contributed by atoms with van der Waals surface area (Å²) in [4.78, 5) is 12.2. The number of H-pyrrole nitrogens is 1. The molecule has 28 heavy (non-hydrogen) atoms. The lowest BCUT2D eigenvalue weighted by Gasteiger charge is -2.28. The van der Waals surface area contributed by atoms with Crippen LogP contribution in [0.15, 0.2) is 42.6 Å². The Morgan fingerprint density at radius 3 is 2.54 bits per heavy atom. The second-order valence-corrected chi connectivity index (χ2v) is 7.92. The molecule has 1 aliphatic rings. The van der Waals surface area contributed by atoms with Gasteiger partial charge in [-0.25, -0.2) is 13.8 Å². The highest BCUT2D eigenvalue weighted by molar-refractivity contribution is 6.31. The van der Waals surface area contributed by atoms with E-state index < -0.39 is 5.82 Å². The van der Waals surface area contributed by atoms with Crippen molar-refractivity contribution in [2.75, 3.05) is 0 Å². The summed E-state index contributed by atoms with van der Waals surface area (Å²) in [5.41, 5.74) is 3.37. The van der Waals surface area contributed by atoms with Crippen molar-refractivity contribution in [1.29, 1.82) is 0 Å². The van der Waals surface area contributed by atoms with Crippen molar-refractivity contribution in [1.82, 2.24) is 15.0 Å². The van der Waals surface area contributed by atoms with Crippen molar-refractivity contribution in [3.8, 4) is 0 Å². The van der Waals surface area contributed by atoms with Gasteiger partial charge in [-0.3, -0.25) is 4.98 Å².